The first-order valence-electron chi connectivity index (χ1n) is 3.24. The van der Waals surface area contributed by atoms with Gasteiger partial charge in [-0.25, -0.2) is 4.79 Å². The SMILES string of the molecule is CCC(C)NCC=C=O. The van der Waals surface area contributed by atoms with Crippen LogP contribution in [0.15, 0.2) is 6.08 Å². The fourth-order valence-electron chi connectivity index (χ4n) is 0.446. The zero-order valence-corrected chi connectivity index (χ0v) is 5.98. The molecule has 0 bridgehead atoms. The van der Waals surface area contributed by atoms with Crippen LogP contribution in [-0.2, 0) is 4.79 Å². The van der Waals surface area contributed by atoms with Gasteiger partial charge in [-0.1, -0.05) is 6.92 Å². The molecule has 2 nitrogen and oxygen atoms in total. The third-order valence-electron chi connectivity index (χ3n) is 1.26. The van der Waals surface area contributed by atoms with Crippen LogP contribution in [0, 0.1) is 0 Å². The quantitative estimate of drug-likeness (QED) is 0.565. The standard InChI is InChI=1S/C7H13NO/c1-3-7(2)8-5-4-6-9/h4,7-8H,3,5H2,1-2H3. The van der Waals surface area contributed by atoms with Crippen molar-refractivity contribution in [2.75, 3.05) is 6.54 Å². The van der Waals surface area contributed by atoms with E-state index in [2.05, 4.69) is 19.2 Å². The predicted molar refractivity (Wildman–Crippen MR) is 38.0 cm³/mol. The van der Waals surface area contributed by atoms with Crippen LogP contribution < -0.4 is 5.32 Å². The molecule has 0 aliphatic rings. The fourth-order valence-corrected chi connectivity index (χ4v) is 0.446. The summed E-state index contributed by atoms with van der Waals surface area (Å²) in [5.41, 5.74) is 0. The van der Waals surface area contributed by atoms with E-state index >= 15 is 0 Å². The monoisotopic (exact) mass is 127 g/mol. The normalized spacial score (nSPS) is 12.2. The van der Waals surface area contributed by atoms with Crippen molar-refractivity contribution in [2.45, 2.75) is 26.3 Å². The number of hydrogen-bond donors (Lipinski definition) is 1. The van der Waals surface area contributed by atoms with E-state index in [0.717, 1.165) is 6.42 Å². The van der Waals surface area contributed by atoms with Gasteiger partial charge in [-0.05, 0) is 13.3 Å². The summed E-state index contributed by atoms with van der Waals surface area (Å²) in [6.07, 6.45) is 2.54. The van der Waals surface area contributed by atoms with E-state index in [1.807, 2.05) is 0 Å². The first-order chi connectivity index (χ1) is 4.31. The van der Waals surface area contributed by atoms with Crippen LogP contribution >= 0.6 is 0 Å². The lowest BCUT2D eigenvalue weighted by atomic mass is 10.3. The van der Waals surface area contributed by atoms with Crippen molar-refractivity contribution in [3.05, 3.63) is 6.08 Å². The van der Waals surface area contributed by atoms with Crippen LogP contribution in [0.25, 0.3) is 0 Å². The third-order valence-corrected chi connectivity index (χ3v) is 1.26. The third kappa shape index (κ3) is 5.28. The van der Waals surface area contributed by atoms with Gasteiger partial charge >= 0.3 is 0 Å². The maximum atomic E-state index is 9.65. The van der Waals surface area contributed by atoms with Crippen molar-refractivity contribution in [1.82, 2.24) is 5.32 Å². The maximum Gasteiger partial charge on any atom is 0.121 e. The van der Waals surface area contributed by atoms with Crippen molar-refractivity contribution in [1.29, 1.82) is 0 Å². The van der Waals surface area contributed by atoms with Crippen molar-refractivity contribution in [3.8, 4) is 0 Å². The number of nitrogens with one attached hydrogen (secondary N) is 1. The predicted octanol–water partition coefficient (Wildman–Crippen LogP) is 0.762. The lowest BCUT2D eigenvalue weighted by molar-refractivity contribution is 0.557. The molecular weight excluding hydrogens is 114 g/mol. The van der Waals surface area contributed by atoms with E-state index in [1.165, 1.54) is 6.08 Å². The lowest BCUT2D eigenvalue weighted by Crippen LogP contribution is -2.24. The van der Waals surface area contributed by atoms with Crippen molar-refractivity contribution < 1.29 is 4.79 Å². The summed E-state index contributed by atoms with van der Waals surface area (Å²) in [5.74, 6) is 1.71. The van der Waals surface area contributed by atoms with Crippen molar-refractivity contribution in [2.24, 2.45) is 0 Å². The van der Waals surface area contributed by atoms with Crippen LogP contribution in [0.5, 0.6) is 0 Å². The van der Waals surface area contributed by atoms with E-state index in [-0.39, 0.29) is 0 Å². The molecule has 0 aromatic carbocycles. The summed E-state index contributed by atoms with van der Waals surface area (Å²) in [7, 11) is 0. The highest BCUT2D eigenvalue weighted by atomic mass is 16.1. The molecule has 9 heavy (non-hydrogen) atoms. The Kier molecular flexibility index (Phi) is 5.18. The highest BCUT2D eigenvalue weighted by Crippen LogP contribution is 1.84. The summed E-state index contributed by atoms with van der Waals surface area (Å²) in [6, 6.07) is 0.495. The summed E-state index contributed by atoms with van der Waals surface area (Å²) >= 11 is 0. The molecule has 0 aromatic rings. The molecule has 0 spiro atoms. The molecule has 0 radical (unpaired) electrons. The molecule has 0 amide bonds. The Morgan fingerprint density at radius 1 is 1.78 bits per heavy atom. The molecule has 1 N–H and O–H groups in total. The summed E-state index contributed by atoms with van der Waals surface area (Å²) in [6.45, 7) is 4.82. The van der Waals surface area contributed by atoms with E-state index in [9.17, 15) is 4.79 Å². The average molecular weight is 127 g/mol. The zero-order chi connectivity index (χ0) is 7.11. The van der Waals surface area contributed by atoms with Gasteiger partial charge < -0.3 is 5.32 Å². The van der Waals surface area contributed by atoms with E-state index in [0.29, 0.717) is 12.6 Å². The largest absolute Gasteiger partial charge is 0.310 e. The number of carbonyl (C=O) groups excluding carboxylic acids is 1. The average Bonchev–Trinajstić information content (AvgIpc) is 1.89. The highest BCUT2D eigenvalue weighted by Gasteiger charge is 1.91. The molecule has 52 valence electrons. The van der Waals surface area contributed by atoms with Gasteiger partial charge in [0.25, 0.3) is 0 Å². The molecule has 0 aromatic heterocycles. The molecular formula is C7H13NO. The van der Waals surface area contributed by atoms with Crippen LogP contribution in [0.3, 0.4) is 0 Å². The van der Waals surface area contributed by atoms with Gasteiger partial charge in [0.2, 0.25) is 0 Å². The van der Waals surface area contributed by atoms with E-state index in [4.69, 9.17) is 0 Å². The Bertz CT molecular complexity index is 105. The van der Waals surface area contributed by atoms with Crippen molar-refractivity contribution >= 4 is 5.94 Å². The maximum absolute atomic E-state index is 9.65. The second-order valence-corrected chi connectivity index (χ2v) is 2.04. The van der Waals surface area contributed by atoms with Gasteiger partial charge in [0.1, 0.15) is 5.94 Å². The van der Waals surface area contributed by atoms with E-state index in [1.54, 1.807) is 5.94 Å². The Morgan fingerprint density at radius 3 is 2.89 bits per heavy atom. The minimum Gasteiger partial charge on any atom is -0.310 e. The van der Waals surface area contributed by atoms with Gasteiger partial charge in [-0.3, -0.25) is 0 Å². The molecule has 2 heteroatoms. The topological polar surface area (TPSA) is 29.1 Å². The first kappa shape index (κ1) is 8.41. The molecule has 0 saturated heterocycles. The zero-order valence-electron chi connectivity index (χ0n) is 5.98. The second kappa shape index (κ2) is 5.54. The number of rotatable bonds is 4. The fraction of sp³-hybridized carbons (Fsp3) is 0.714. The lowest BCUT2D eigenvalue weighted by Gasteiger charge is -2.06. The molecule has 0 aliphatic carbocycles. The molecule has 0 heterocycles. The van der Waals surface area contributed by atoms with Gasteiger partial charge in [0.15, 0.2) is 0 Å². The van der Waals surface area contributed by atoms with Crippen LogP contribution in [-0.4, -0.2) is 18.5 Å². The minimum atomic E-state index is 0.495. The molecule has 1 unspecified atom stereocenters. The molecule has 0 rings (SSSR count). The highest BCUT2D eigenvalue weighted by molar-refractivity contribution is 5.45. The molecule has 0 saturated carbocycles. The molecule has 0 fully saturated rings. The summed E-state index contributed by atoms with van der Waals surface area (Å²) < 4.78 is 0. The van der Waals surface area contributed by atoms with Gasteiger partial charge in [-0.15, -0.1) is 0 Å². The molecule has 1 atom stereocenters. The van der Waals surface area contributed by atoms with Crippen LogP contribution in [0.2, 0.25) is 0 Å². The summed E-state index contributed by atoms with van der Waals surface area (Å²) in [4.78, 5) is 9.65. The van der Waals surface area contributed by atoms with Gasteiger partial charge in [-0.2, -0.15) is 0 Å². The molecule has 0 aliphatic heterocycles. The van der Waals surface area contributed by atoms with Crippen LogP contribution in [0.1, 0.15) is 20.3 Å². The Morgan fingerprint density at radius 2 is 2.44 bits per heavy atom. The van der Waals surface area contributed by atoms with E-state index < -0.39 is 0 Å². The smallest absolute Gasteiger partial charge is 0.121 e. The Hall–Kier alpha value is -0.590. The van der Waals surface area contributed by atoms with Crippen molar-refractivity contribution in [3.63, 3.8) is 0 Å². The Balaban J connectivity index is 3.16. The first-order valence-corrected chi connectivity index (χ1v) is 3.24. The van der Waals surface area contributed by atoms with Gasteiger partial charge in [0, 0.05) is 18.7 Å². The second-order valence-electron chi connectivity index (χ2n) is 2.04. The van der Waals surface area contributed by atoms with Crippen LogP contribution in [0.4, 0.5) is 0 Å². The Labute approximate surface area is 56.0 Å². The summed E-state index contributed by atoms with van der Waals surface area (Å²) in [5, 5.41) is 3.12. The number of hydrogen-bond acceptors (Lipinski definition) is 2. The minimum absolute atomic E-state index is 0.495. The van der Waals surface area contributed by atoms with Gasteiger partial charge in [0.05, 0.1) is 0 Å².